The van der Waals surface area contributed by atoms with Crippen molar-refractivity contribution in [2.75, 3.05) is 31.7 Å². The van der Waals surface area contributed by atoms with Crippen molar-refractivity contribution >= 4 is 28.9 Å². The summed E-state index contributed by atoms with van der Waals surface area (Å²) < 4.78 is 0. The lowest BCUT2D eigenvalue weighted by molar-refractivity contribution is -0.128. The Morgan fingerprint density at radius 2 is 2.19 bits per heavy atom. The molecule has 3 N–H and O–H groups in total. The third-order valence-corrected chi connectivity index (χ3v) is 2.54. The van der Waals surface area contributed by atoms with Crippen LogP contribution in [0.4, 0.5) is 11.4 Å². The minimum atomic E-state index is 0.0769. The fraction of sp³-hybridized carbons (Fsp3) is 0.364. The number of nitrogens with one attached hydrogen (secondary N) is 1. The van der Waals surface area contributed by atoms with Crippen molar-refractivity contribution in [2.24, 2.45) is 0 Å². The van der Waals surface area contributed by atoms with E-state index in [1.54, 1.807) is 25.1 Å². The van der Waals surface area contributed by atoms with Crippen molar-refractivity contribution in [1.29, 1.82) is 0 Å². The fourth-order valence-electron chi connectivity index (χ4n) is 1.22. The molecule has 1 aromatic rings. The molecular formula is C11H16ClN3O. The molecule has 0 radical (unpaired) electrons. The molecule has 0 spiro atoms. The molecule has 4 nitrogen and oxygen atoms in total. The van der Waals surface area contributed by atoms with Crippen LogP contribution in [0.3, 0.4) is 0 Å². The van der Waals surface area contributed by atoms with E-state index in [1.807, 2.05) is 12.1 Å². The largest absolute Gasteiger partial charge is 0.396 e. The monoisotopic (exact) mass is 241 g/mol. The molecule has 0 saturated heterocycles. The molecule has 0 unspecified atom stereocenters. The Labute approximate surface area is 100 Å². The van der Waals surface area contributed by atoms with Gasteiger partial charge >= 0.3 is 0 Å². The molecule has 1 amide bonds. The van der Waals surface area contributed by atoms with Gasteiger partial charge in [-0.25, -0.2) is 0 Å². The fourth-order valence-corrected chi connectivity index (χ4v) is 1.39. The Bertz CT molecular complexity index is 379. The maximum absolute atomic E-state index is 11.3. The first-order valence-corrected chi connectivity index (χ1v) is 5.38. The van der Waals surface area contributed by atoms with Crippen LogP contribution in [0, 0.1) is 0 Å². The van der Waals surface area contributed by atoms with E-state index in [0.717, 1.165) is 5.69 Å². The van der Waals surface area contributed by atoms with Gasteiger partial charge < -0.3 is 16.0 Å². The number of nitrogens with zero attached hydrogens (tertiary/aromatic N) is 1. The molecule has 88 valence electrons. The SMILES string of the molecule is CN(C)C(=O)CCNc1cccc(Cl)c1N. The van der Waals surface area contributed by atoms with E-state index in [0.29, 0.717) is 23.7 Å². The topological polar surface area (TPSA) is 58.4 Å². The van der Waals surface area contributed by atoms with Crippen LogP contribution < -0.4 is 11.1 Å². The Balaban J connectivity index is 2.49. The molecule has 0 aliphatic carbocycles. The lowest BCUT2D eigenvalue weighted by atomic mass is 10.2. The van der Waals surface area contributed by atoms with Crippen molar-refractivity contribution < 1.29 is 4.79 Å². The summed E-state index contributed by atoms with van der Waals surface area (Å²) in [6, 6.07) is 5.38. The predicted molar refractivity (Wildman–Crippen MR) is 67.7 cm³/mol. The minimum Gasteiger partial charge on any atom is -0.396 e. The molecule has 5 heteroatoms. The van der Waals surface area contributed by atoms with Gasteiger partial charge in [0, 0.05) is 27.1 Å². The number of benzene rings is 1. The average molecular weight is 242 g/mol. The van der Waals surface area contributed by atoms with Gasteiger partial charge in [-0.05, 0) is 12.1 Å². The molecule has 0 bridgehead atoms. The molecule has 0 aliphatic rings. The molecule has 0 fully saturated rings. The standard InChI is InChI=1S/C11H16ClN3O/c1-15(2)10(16)6-7-14-9-5-3-4-8(12)11(9)13/h3-5,14H,6-7,13H2,1-2H3. The summed E-state index contributed by atoms with van der Waals surface area (Å²) in [5.74, 6) is 0.0769. The van der Waals surface area contributed by atoms with Crippen LogP contribution >= 0.6 is 11.6 Å². The van der Waals surface area contributed by atoms with Crippen molar-refractivity contribution in [3.05, 3.63) is 23.2 Å². The number of anilines is 2. The van der Waals surface area contributed by atoms with E-state index >= 15 is 0 Å². The molecule has 16 heavy (non-hydrogen) atoms. The van der Waals surface area contributed by atoms with Gasteiger partial charge in [-0.1, -0.05) is 17.7 Å². The minimum absolute atomic E-state index is 0.0769. The van der Waals surface area contributed by atoms with Gasteiger partial charge in [0.15, 0.2) is 0 Å². The van der Waals surface area contributed by atoms with E-state index in [2.05, 4.69) is 5.32 Å². The van der Waals surface area contributed by atoms with Crippen LogP contribution in [0.5, 0.6) is 0 Å². The van der Waals surface area contributed by atoms with Gasteiger partial charge in [-0.2, -0.15) is 0 Å². The summed E-state index contributed by atoms with van der Waals surface area (Å²) in [6.07, 6.45) is 0.430. The first kappa shape index (κ1) is 12.6. The number of para-hydroxylation sites is 1. The number of rotatable bonds is 4. The molecule has 0 aromatic heterocycles. The second-order valence-electron chi connectivity index (χ2n) is 3.67. The number of nitrogen functional groups attached to an aromatic ring is 1. The highest BCUT2D eigenvalue weighted by Gasteiger charge is 2.05. The lowest BCUT2D eigenvalue weighted by Crippen LogP contribution is -2.24. The van der Waals surface area contributed by atoms with Crippen LogP contribution in [0.15, 0.2) is 18.2 Å². The van der Waals surface area contributed by atoms with Crippen molar-refractivity contribution in [2.45, 2.75) is 6.42 Å². The number of hydrogen-bond donors (Lipinski definition) is 2. The van der Waals surface area contributed by atoms with E-state index < -0.39 is 0 Å². The average Bonchev–Trinajstić information content (AvgIpc) is 2.24. The Morgan fingerprint density at radius 1 is 1.50 bits per heavy atom. The summed E-state index contributed by atoms with van der Waals surface area (Å²) in [4.78, 5) is 12.9. The van der Waals surface area contributed by atoms with Crippen LogP contribution in [-0.4, -0.2) is 31.4 Å². The lowest BCUT2D eigenvalue weighted by Gasteiger charge is -2.12. The van der Waals surface area contributed by atoms with Crippen LogP contribution in [0.2, 0.25) is 5.02 Å². The smallest absolute Gasteiger partial charge is 0.223 e. The summed E-state index contributed by atoms with van der Waals surface area (Å²) in [5.41, 5.74) is 7.05. The van der Waals surface area contributed by atoms with E-state index in [4.69, 9.17) is 17.3 Å². The van der Waals surface area contributed by atoms with Gasteiger partial charge in [0.2, 0.25) is 5.91 Å². The maximum Gasteiger partial charge on any atom is 0.223 e. The van der Waals surface area contributed by atoms with E-state index in [9.17, 15) is 4.79 Å². The second kappa shape index (κ2) is 5.61. The number of hydrogen-bond acceptors (Lipinski definition) is 3. The van der Waals surface area contributed by atoms with E-state index in [1.165, 1.54) is 0 Å². The van der Waals surface area contributed by atoms with Gasteiger partial charge in [0.25, 0.3) is 0 Å². The summed E-state index contributed by atoms with van der Waals surface area (Å²) in [6.45, 7) is 0.543. The molecule has 0 atom stereocenters. The highest BCUT2D eigenvalue weighted by atomic mass is 35.5. The van der Waals surface area contributed by atoms with E-state index in [-0.39, 0.29) is 5.91 Å². The first-order valence-electron chi connectivity index (χ1n) is 5.00. The van der Waals surface area contributed by atoms with Crippen LogP contribution in [0.1, 0.15) is 6.42 Å². The summed E-state index contributed by atoms with van der Waals surface area (Å²) in [7, 11) is 3.46. The van der Waals surface area contributed by atoms with Gasteiger partial charge in [-0.3, -0.25) is 4.79 Å². The van der Waals surface area contributed by atoms with Crippen molar-refractivity contribution in [1.82, 2.24) is 4.90 Å². The van der Waals surface area contributed by atoms with Crippen LogP contribution in [0.25, 0.3) is 0 Å². The Hall–Kier alpha value is -1.42. The maximum atomic E-state index is 11.3. The highest BCUT2D eigenvalue weighted by Crippen LogP contribution is 2.26. The number of carbonyl (C=O) groups excluding carboxylic acids is 1. The summed E-state index contributed by atoms with van der Waals surface area (Å²) >= 11 is 5.87. The molecule has 0 saturated carbocycles. The van der Waals surface area contributed by atoms with Gasteiger partial charge in [0.05, 0.1) is 16.4 Å². The molecule has 1 aromatic carbocycles. The zero-order valence-corrected chi connectivity index (χ0v) is 10.2. The number of halogens is 1. The Kier molecular flexibility index (Phi) is 4.43. The second-order valence-corrected chi connectivity index (χ2v) is 4.07. The van der Waals surface area contributed by atoms with Gasteiger partial charge in [-0.15, -0.1) is 0 Å². The molecule has 0 heterocycles. The third-order valence-electron chi connectivity index (χ3n) is 2.21. The van der Waals surface area contributed by atoms with Gasteiger partial charge in [0.1, 0.15) is 0 Å². The molecule has 0 aliphatic heterocycles. The number of nitrogens with two attached hydrogens (primary N) is 1. The zero-order chi connectivity index (χ0) is 12.1. The van der Waals surface area contributed by atoms with Crippen LogP contribution in [-0.2, 0) is 4.79 Å². The Morgan fingerprint density at radius 3 is 2.81 bits per heavy atom. The summed E-state index contributed by atoms with van der Waals surface area (Å²) in [5, 5.41) is 3.60. The number of amides is 1. The third kappa shape index (κ3) is 3.31. The van der Waals surface area contributed by atoms with Crippen molar-refractivity contribution in [3.63, 3.8) is 0 Å². The molecular weight excluding hydrogens is 226 g/mol. The zero-order valence-electron chi connectivity index (χ0n) is 9.46. The van der Waals surface area contributed by atoms with Crippen molar-refractivity contribution in [3.8, 4) is 0 Å². The normalized spacial score (nSPS) is 9.94. The quantitative estimate of drug-likeness (QED) is 0.791. The predicted octanol–water partition coefficient (Wildman–Crippen LogP) is 1.81. The highest BCUT2D eigenvalue weighted by molar-refractivity contribution is 6.33. The first-order chi connectivity index (χ1) is 7.52. The molecule has 1 rings (SSSR count). The number of carbonyl (C=O) groups is 1.